The van der Waals surface area contributed by atoms with E-state index in [9.17, 15) is 13.2 Å². The Morgan fingerprint density at radius 3 is 2.57 bits per heavy atom. The van der Waals surface area contributed by atoms with Crippen molar-refractivity contribution in [2.45, 2.75) is 44.4 Å². The van der Waals surface area contributed by atoms with E-state index in [1.165, 1.54) is 28.7 Å². The van der Waals surface area contributed by atoms with Gasteiger partial charge in [-0.25, -0.2) is 13.2 Å². The fourth-order valence-electron chi connectivity index (χ4n) is 2.81. The van der Waals surface area contributed by atoms with Gasteiger partial charge in [0.15, 0.2) is 9.84 Å². The van der Waals surface area contributed by atoms with Crippen molar-refractivity contribution in [3.63, 3.8) is 0 Å². The number of benzene rings is 1. The Labute approximate surface area is 139 Å². The van der Waals surface area contributed by atoms with Crippen molar-refractivity contribution < 1.29 is 13.2 Å². The van der Waals surface area contributed by atoms with Gasteiger partial charge in [0.25, 0.3) is 0 Å². The number of sulfone groups is 1. The second-order valence-corrected chi connectivity index (χ2v) is 9.65. The van der Waals surface area contributed by atoms with E-state index in [1.807, 2.05) is 6.07 Å². The number of nitrogens with zero attached hydrogens (tertiary/aromatic N) is 1. The molecular weight excluding hydrogens is 312 g/mol. The van der Waals surface area contributed by atoms with Crippen molar-refractivity contribution in [2.75, 3.05) is 19.8 Å². The average molecular weight is 338 g/mol. The van der Waals surface area contributed by atoms with Crippen LogP contribution in [0.3, 0.4) is 0 Å². The number of urea groups is 1. The number of fused-ring (bicyclic) bond motifs is 1. The highest BCUT2D eigenvalue weighted by molar-refractivity contribution is 7.92. The summed E-state index contributed by atoms with van der Waals surface area (Å²) >= 11 is 0. The highest BCUT2D eigenvalue weighted by atomic mass is 32.2. The zero-order chi connectivity index (χ0) is 17.3. The van der Waals surface area contributed by atoms with E-state index in [0.29, 0.717) is 6.54 Å². The van der Waals surface area contributed by atoms with Gasteiger partial charge >= 0.3 is 6.03 Å². The number of rotatable bonds is 5. The van der Waals surface area contributed by atoms with Crippen LogP contribution in [0.4, 0.5) is 4.79 Å². The minimum absolute atomic E-state index is 0.155. The molecule has 1 aromatic carbocycles. The van der Waals surface area contributed by atoms with E-state index in [2.05, 4.69) is 17.4 Å². The lowest BCUT2D eigenvalue weighted by atomic mass is 10.1. The van der Waals surface area contributed by atoms with Gasteiger partial charge in [-0.15, -0.1) is 0 Å². The Kier molecular flexibility index (Phi) is 5.04. The SMILES string of the molecule is CN(CC(C)(C)S(C)(=O)=O)C(=O)NCc1ccc2c(c1)CCC2. The monoisotopic (exact) mass is 338 g/mol. The highest BCUT2D eigenvalue weighted by Gasteiger charge is 2.32. The highest BCUT2D eigenvalue weighted by Crippen LogP contribution is 2.22. The molecule has 0 spiro atoms. The quantitative estimate of drug-likeness (QED) is 0.894. The van der Waals surface area contributed by atoms with E-state index in [1.54, 1.807) is 20.9 Å². The number of nitrogens with one attached hydrogen (secondary N) is 1. The number of hydrogen-bond acceptors (Lipinski definition) is 3. The molecule has 0 heterocycles. The molecule has 0 saturated heterocycles. The molecule has 2 rings (SSSR count). The first-order valence-electron chi connectivity index (χ1n) is 7.89. The molecular formula is C17H26N2O3S. The van der Waals surface area contributed by atoms with Crippen molar-refractivity contribution in [3.05, 3.63) is 34.9 Å². The third-order valence-corrected chi connectivity index (χ3v) is 6.71. The molecule has 0 bridgehead atoms. The van der Waals surface area contributed by atoms with Crippen molar-refractivity contribution in [1.29, 1.82) is 0 Å². The minimum atomic E-state index is -3.23. The van der Waals surface area contributed by atoms with Crippen LogP contribution in [0, 0.1) is 0 Å². The summed E-state index contributed by atoms with van der Waals surface area (Å²) < 4.78 is 22.5. The Morgan fingerprint density at radius 2 is 1.91 bits per heavy atom. The zero-order valence-corrected chi connectivity index (χ0v) is 15.2. The van der Waals surface area contributed by atoms with Crippen molar-refractivity contribution in [3.8, 4) is 0 Å². The van der Waals surface area contributed by atoms with Gasteiger partial charge in [0.1, 0.15) is 0 Å². The van der Waals surface area contributed by atoms with Crippen LogP contribution in [-0.2, 0) is 29.2 Å². The fraction of sp³-hybridized carbons (Fsp3) is 0.588. The van der Waals surface area contributed by atoms with Crippen LogP contribution in [0.2, 0.25) is 0 Å². The molecule has 0 fully saturated rings. The van der Waals surface area contributed by atoms with Crippen LogP contribution in [0.15, 0.2) is 18.2 Å². The Hall–Kier alpha value is -1.56. The topological polar surface area (TPSA) is 66.5 Å². The molecule has 1 aromatic rings. The van der Waals surface area contributed by atoms with E-state index >= 15 is 0 Å². The molecule has 23 heavy (non-hydrogen) atoms. The first kappa shape index (κ1) is 17.8. The summed E-state index contributed by atoms with van der Waals surface area (Å²) in [5.41, 5.74) is 3.87. The predicted molar refractivity (Wildman–Crippen MR) is 92.3 cm³/mol. The number of aryl methyl sites for hydroxylation is 2. The van der Waals surface area contributed by atoms with E-state index in [4.69, 9.17) is 0 Å². The summed E-state index contributed by atoms with van der Waals surface area (Å²) in [6.45, 7) is 3.87. The summed E-state index contributed by atoms with van der Waals surface area (Å²) in [5, 5.41) is 2.86. The summed E-state index contributed by atoms with van der Waals surface area (Å²) in [6, 6.07) is 6.08. The van der Waals surface area contributed by atoms with Gasteiger partial charge in [-0.05, 0) is 49.8 Å². The maximum atomic E-state index is 12.2. The number of carbonyl (C=O) groups excluding carboxylic acids is 1. The van der Waals surface area contributed by atoms with Crippen molar-refractivity contribution in [2.24, 2.45) is 0 Å². The molecule has 0 saturated carbocycles. The zero-order valence-electron chi connectivity index (χ0n) is 14.3. The lowest BCUT2D eigenvalue weighted by molar-refractivity contribution is 0.204. The second kappa shape index (κ2) is 6.51. The largest absolute Gasteiger partial charge is 0.334 e. The van der Waals surface area contributed by atoms with E-state index in [0.717, 1.165) is 18.4 Å². The maximum Gasteiger partial charge on any atom is 0.317 e. The van der Waals surface area contributed by atoms with Crippen LogP contribution < -0.4 is 5.32 Å². The number of hydrogen-bond donors (Lipinski definition) is 1. The molecule has 1 aliphatic carbocycles. The lowest BCUT2D eigenvalue weighted by Crippen LogP contribution is -2.47. The molecule has 5 nitrogen and oxygen atoms in total. The maximum absolute atomic E-state index is 12.2. The minimum Gasteiger partial charge on any atom is -0.334 e. The van der Waals surface area contributed by atoms with Gasteiger partial charge in [-0.3, -0.25) is 0 Å². The first-order valence-corrected chi connectivity index (χ1v) is 9.78. The number of carbonyl (C=O) groups is 1. The molecule has 2 amide bonds. The summed E-state index contributed by atoms with van der Waals surface area (Å²) in [6.07, 6.45) is 4.66. The standard InChI is InChI=1S/C17H26N2O3S/c1-17(2,23(4,21)22)12-19(3)16(20)18-11-13-8-9-14-6-5-7-15(14)10-13/h8-10H,5-7,11-12H2,1-4H3,(H,18,20). The molecule has 0 aliphatic heterocycles. The Balaban J connectivity index is 1.92. The Bertz CT molecular complexity index is 696. The van der Waals surface area contributed by atoms with Crippen molar-refractivity contribution in [1.82, 2.24) is 10.2 Å². The van der Waals surface area contributed by atoms with Crippen LogP contribution in [0.25, 0.3) is 0 Å². The molecule has 0 aromatic heterocycles. The molecule has 0 unspecified atom stereocenters. The van der Waals surface area contributed by atoms with Crippen LogP contribution >= 0.6 is 0 Å². The summed E-state index contributed by atoms with van der Waals surface area (Å²) in [4.78, 5) is 13.6. The molecule has 1 N–H and O–H groups in total. The van der Waals surface area contributed by atoms with Gasteiger partial charge in [0.05, 0.1) is 4.75 Å². The molecule has 1 aliphatic rings. The fourth-order valence-corrected chi connectivity index (χ4v) is 3.24. The van der Waals surface area contributed by atoms with Crippen LogP contribution in [0.1, 0.15) is 37.0 Å². The second-order valence-electron chi connectivity index (χ2n) is 7.00. The summed E-state index contributed by atoms with van der Waals surface area (Å²) in [5.74, 6) is 0. The van der Waals surface area contributed by atoms with Crippen molar-refractivity contribution >= 4 is 15.9 Å². The van der Waals surface area contributed by atoms with Gasteiger partial charge < -0.3 is 10.2 Å². The van der Waals surface area contributed by atoms with Gasteiger partial charge in [0.2, 0.25) is 0 Å². The predicted octanol–water partition coefficient (Wildman–Crippen LogP) is 2.14. The molecule has 6 heteroatoms. The number of amides is 2. The summed E-state index contributed by atoms with van der Waals surface area (Å²) in [7, 11) is -1.61. The lowest BCUT2D eigenvalue weighted by Gasteiger charge is -2.28. The third kappa shape index (κ3) is 4.25. The average Bonchev–Trinajstić information content (AvgIpc) is 2.90. The molecule has 128 valence electrons. The molecule has 0 radical (unpaired) electrons. The first-order chi connectivity index (χ1) is 10.6. The van der Waals surface area contributed by atoms with Gasteiger partial charge in [0, 0.05) is 26.4 Å². The third-order valence-electron chi connectivity index (χ3n) is 4.58. The van der Waals surface area contributed by atoms with Crippen LogP contribution in [0.5, 0.6) is 0 Å². The van der Waals surface area contributed by atoms with Gasteiger partial charge in [-0.2, -0.15) is 0 Å². The van der Waals surface area contributed by atoms with E-state index < -0.39 is 14.6 Å². The molecule has 0 atom stereocenters. The van der Waals surface area contributed by atoms with Gasteiger partial charge in [-0.1, -0.05) is 18.2 Å². The van der Waals surface area contributed by atoms with E-state index in [-0.39, 0.29) is 12.6 Å². The van der Waals surface area contributed by atoms with Crippen LogP contribution in [-0.4, -0.2) is 43.9 Å². The smallest absolute Gasteiger partial charge is 0.317 e. The Morgan fingerprint density at radius 1 is 1.26 bits per heavy atom. The normalized spacial score (nSPS) is 14.4.